The molecule has 3 nitrogen and oxygen atoms in total. The van der Waals surface area contributed by atoms with Gasteiger partial charge in [-0.15, -0.1) is 0 Å². The Morgan fingerprint density at radius 3 is 2.88 bits per heavy atom. The van der Waals surface area contributed by atoms with Crippen molar-refractivity contribution in [3.8, 4) is 0 Å². The molecule has 2 unspecified atom stereocenters. The number of hydrogen-bond donors (Lipinski definition) is 1. The zero-order chi connectivity index (χ0) is 11.5. The molecule has 3 heteroatoms. The second kappa shape index (κ2) is 4.83. The predicted octanol–water partition coefficient (Wildman–Crippen LogP) is 2.49. The third kappa shape index (κ3) is 2.53. The molecule has 1 heterocycles. The lowest BCUT2D eigenvalue weighted by atomic mass is 10.00. The van der Waals surface area contributed by atoms with Crippen LogP contribution in [0.5, 0.6) is 0 Å². The maximum Gasteiger partial charge on any atom is 0.0641 e. The highest BCUT2D eigenvalue weighted by Crippen LogP contribution is 2.19. The lowest BCUT2D eigenvalue weighted by molar-refractivity contribution is 0.425. The van der Waals surface area contributed by atoms with Crippen molar-refractivity contribution in [1.29, 1.82) is 0 Å². The molecule has 0 saturated carbocycles. The molecule has 88 valence electrons. The molecule has 1 aliphatic rings. The van der Waals surface area contributed by atoms with E-state index in [0.717, 1.165) is 12.1 Å². The first-order chi connectivity index (χ1) is 7.66. The lowest BCUT2D eigenvalue weighted by Crippen LogP contribution is -2.32. The first-order valence-corrected chi connectivity index (χ1v) is 6.08. The maximum absolute atomic E-state index is 4.39. The lowest BCUT2D eigenvalue weighted by Gasteiger charge is -2.23. The highest BCUT2D eigenvalue weighted by atomic mass is 15.3. The Bertz CT molecular complexity index is 379. The summed E-state index contributed by atoms with van der Waals surface area (Å²) in [5.41, 5.74) is 2.45. The van der Waals surface area contributed by atoms with Gasteiger partial charge in [0, 0.05) is 30.9 Å². The average molecular weight is 219 g/mol. The predicted molar refractivity (Wildman–Crippen MR) is 66.3 cm³/mol. The van der Waals surface area contributed by atoms with Gasteiger partial charge in [-0.3, -0.25) is 4.68 Å². The Hall–Kier alpha value is -1.09. The zero-order valence-corrected chi connectivity index (χ0v) is 10.4. The highest BCUT2D eigenvalue weighted by Gasteiger charge is 2.16. The average Bonchev–Trinajstić information content (AvgIpc) is 2.59. The minimum Gasteiger partial charge on any atom is -0.307 e. The molecule has 1 aromatic rings. The van der Waals surface area contributed by atoms with Crippen LogP contribution < -0.4 is 5.32 Å². The molecule has 0 radical (unpaired) electrons. The molecular weight excluding hydrogens is 198 g/mol. The van der Waals surface area contributed by atoms with Gasteiger partial charge in [0.2, 0.25) is 0 Å². The smallest absolute Gasteiger partial charge is 0.0641 e. The van der Waals surface area contributed by atoms with Crippen molar-refractivity contribution in [3.05, 3.63) is 29.6 Å². The number of nitrogens with zero attached hydrogens (tertiary/aromatic N) is 2. The van der Waals surface area contributed by atoms with E-state index in [0.29, 0.717) is 12.1 Å². The summed E-state index contributed by atoms with van der Waals surface area (Å²) in [7, 11) is 1.98. The van der Waals surface area contributed by atoms with Crippen LogP contribution in [0.25, 0.3) is 0 Å². The number of rotatable bonds is 3. The number of nitrogens with one attached hydrogen (secondary N) is 1. The highest BCUT2D eigenvalue weighted by molar-refractivity contribution is 5.19. The van der Waals surface area contributed by atoms with Gasteiger partial charge in [-0.25, -0.2) is 0 Å². The van der Waals surface area contributed by atoms with E-state index < -0.39 is 0 Å². The minimum absolute atomic E-state index is 0.394. The third-order valence-corrected chi connectivity index (χ3v) is 3.27. The second-order valence-electron chi connectivity index (χ2n) is 4.71. The molecule has 1 aromatic heterocycles. The van der Waals surface area contributed by atoms with Crippen LogP contribution >= 0.6 is 0 Å². The molecule has 1 N–H and O–H groups in total. The van der Waals surface area contributed by atoms with Crippen LogP contribution in [-0.4, -0.2) is 15.8 Å². The first kappa shape index (κ1) is 11.4. The number of allylic oxidation sites excluding steroid dienone is 1. The van der Waals surface area contributed by atoms with Gasteiger partial charge in [0.25, 0.3) is 0 Å². The molecule has 0 bridgehead atoms. The molecule has 16 heavy (non-hydrogen) atoms. The summed E-state index contributed by atoms with van der Waals surface area (Å²) in [4.78, 5) is 0. The van der Waals surface area contributed by atoms with Gasteiger partial charge in [-0.05, 0) is 33.1 Å². The molecule has 2 atom stereocenters. The number of aryl methyl sites for hydroxylation is 2. The molecule has 0 spiro atoms. The van der Waals surface area contributed by atoms with E-state index in [-0.39, 0.29) is 0 Å². The summed E-state index contributed by atoms with van der Waals surface area (Å²) in [5.74, 6) is 0. The van der Waals surface area contributed by atoms with Crippen molar-refractivity contribution in [2.24, 2.45) is 7.05 Å². The quantitative estimate of drug-likeness (QED) is 0.792. The Kier molecular flexibility index (Phi) is 3.44. The third-order valence-electron chi connectivity index (χ3n) is 3.27. The number of aromatic nitrogens is 2. The van der Waals surface area contributed by atoms with Crippen molar-refractivity contribution in [1.82, 2.24) is 15.1 Å². The Morgan fingerprint density at radius 2 is 2.31 bits per heavy atom. The molecule has 0 aliphatic heterocycles. The van der Waals surface area contributed by atoms with Crippen molar-refractivity contribution >= 4 is 0 Å². The van der Waals surface area contributed by atoms with Crippen LogP contribution in [0.1, 0.15) is 43.5 Å². The van der Waals surface area contributed by atoms with E-state index in [1.54, 1.807) is 0 Å². The maximum atomic E-state index is 4.39. The summed E-state index contributed by atoms with van der Waals surface area (Å²) in [5, 5.41) is 8.07. The van der Waals surface area contributed by atoms with Gasteiger partial charge in [-0.1, -0.05) is 12.2 Å². The standard InChI is InChI=1S/C13H21N3/c1-10(13-9-16(3)15-11(13)2)14-12-7-5-4-6-8-12/h4-5,9-10,12,14H,6-8H2,1-3H3. The van der Waals surface area contributed by atoms with E-state index in [1.165, 1.54) is 18.4 Å². The Morgan fingerprint density at radius 1 is 1.50 bits per heavy atom. The molecule has 0 saturated heterocycles. The summed E-state index contributed by atoms with van der Waals surface area (Å²) >= 11 is 0. The Labute approximate surface area is 97.5 Å². The van der Waals surface area contributed by atoms with Crippen molar-refractivity contribution in [2.45, 2.75) is 45.2 Å². The summed E-state index contributed by atoms with van der Waals surface area (Å²) in [6.07, 6.45) is 10.3. The van der Waals surface area contributed by atoms with Gasteiger partial charge < -0.3 is 5.32 Å². The van der Waals surface area contributed by atoms with Gasteiger partial charge in [0.15, 0.2) is 0 Å². The van der Waals surface area contributed by atoms with Crippen molar-refractivity contribution in [2.75, 3.05) is 0 Å². The van der Waals surface area contributed by atoms with Crippen LogP contribution in [0.4, 0.5) is 0 Å². The molecular formula is C13H21N3. The van der Waals surface area contributed by atoms with Crippen LogP contribution in [0, 0.1) is 6.92 Å². The van der Waals surface area contributed by atoms with Crippen molar-refractivity contribution < 1.29 is 0 Å². The fourth-order valence-electron chi connectivity index (χ4n) is 2.43. The number of hydrogen-bond acceptors (Lipinski definition) is 2. The summed E-state index contributed by atoms with van der Waals surface area (Å²) < 4.78 is 1.89. The fourth-order valence-corrected chi connectivity index (χ4v) is 2.43. The second-order valence-corrected chi connectivity index (χ2v) is 4.71. The van der Waals surface area contributed by atoms with Gasteiger partial charge >= 0.3 is 0 Å². The van der Waals surface area contributed by atoms with Crippen molar-refractivity contribution in [3.63, 3.8) is 0 Å². The molecule has 0 amide bonds. The largest absolute Gasteiger partial charge is 0.307 e. The summed E-state index contributed by atoms with van der Waals surface area (Å²) in [6, 6.07) is 1.02. The topological polar surface area (TPSA) is 29.9 Å². The minimum atomic E-state index is 0.394. The van der Waals surface area contributed by atoms with Crippen LogP contribution in [-0.2, 0) is 7.05 Å². The van der Waals surface area contributed by atoms with Gasteiger partial charge in [0.05, 0.1) is 5.69 Å². The Balaban J connectivity index is 1.99. The van der Waals surface area contributed by atoms with Crippen LogP contribution in [0.3, 0.4) is 0 Å². The van der Waals surface area contributed by atoms with E-state index in [1.807, 2.05) is 11.7 Å². The SMILES string of the molecule is Cc1nn(C)cc1C(C)NC1CC=CCC1. The zero-order valence-electron chi connectivity index (χ0n) is 10.4. The molecule has 2 rings (SSSR count). The van der Waals surface area contributed by atoms with Gasteiger partial charge in [0.1, 0.15) is 0 Å². The van der Waals surface area contributed by atoms with E-state index >= 15 is 0 Å². The monoisotopic (exact) mass is 219 g/mol. The first-order valence-electron chi connectivity index (χ1n) is 6.08. The fraction of sp³-hybridized carbons (Fsp3) is 0.615. The van der Waals surface area contributed by atoms with E-state index in [4.69, 9.17) is 0 Å². The van der Waals surface area contributed by atoms with E-state index in [2.05, 4.69) is 42.6 Å². The molecule has 1 aliphatic carbocycles. The molecule has 0 aromatic carbocycles. The normalized spacial score (nSPS) is 22.3. The van der Waals surface area contributed by atoms with E-state index in [9.17, 15) is 0 Å². The van der Waals surface area contributed by atoms with Gasteiger partial charge in [-0.2, -0.15) is 5.10 Å². The molecule has 0 fully saturated rings. The summed E-state index contributed by atoms with van der Waals surface area (Å²) in [6.45, 7) is 4.30. The van der Waals surface area contributed by atoms with Crippen LogP contribution in [0.15, 0.2) is 18.3 Å². The van der Waals surface area contributed by atoms with Crippen LogP contribution in [0.2, 0.25) is 0 Å².